The Labute approximate surface area is 153 Å². The summed E-state index contributed by atoms with van der Waals surface area (Å²) in [5, 5.41) is 4.83. The van der Waals surface area contributed by atoms with Gasteiger partial charge < -0.3 is 14.8 Å². The molecule has 0 radical (unpaired) electrons. The first-order valence-electron chi connectivity index (χ1n) is 8.13. The van der Waals surface area contributed by atoms with E-state index in [1.165, 1.54) is 0 Å². The predicted octanol–water partition coefficient (Wildman–Crippen LogP) is 5.09. The molecular formula is C19H23Cl2NO2. The minimum Gasteiger partial charge on any atom is -0.489 e. The first-order valence-corrected chi connectivity index (χ1v) is 8.88. The standard InChI is InChI=1S/C19H23Cl2NO2/c1-2-23-11-3-10-22-13-16-12-18(21)8-9-19(16)24-14-15-4-6-17(20)7-5-15/h4-9,12,22H,2-3,10-11,13-14H2,1H3. The Morgan fingerprint density at radius 1 is 1.00 bits per heavy atom. The highest BCUT2D eigenvalue weighted by atomic mass is 35.5. The van der Waals surface area contributed by atoms with Crippen LogP contribution in [0.2, 0.25) is 10.0 Å². The average molecular weight is 368 g/mol. The molecule has 0 amide bonds. The van der Waals surface area contributed by atoms with E-state index in [2.05, 4.69) is 5.32 Å². The molecule has 0 aliphatic rings. The molecule has 1 N–H and O–H groups in total. The number of rotatable bonds is 10. The highest BCUT2D eigenvalue weighted by molar-refractivity contribution is 6.30. The van der Waals surface area contributed by atoms with E-state index in [0.717, 1.165) is 48.1 Å². The van der Waals surface area contributed by atoms with Crippen LogP contribution in [0.15, 0.2) is 42.5 Å². The Morgan fingerprint density at radius 2 is 1.75 bits per heavy atom. The van der Waals surface area contributed by atoms with Gasteiger partial charge in [0.25, 0.3) is 0 Å². The van der Waals surface area contributed by atoms with Gasteiger partial charge in [-0.25, -0.2) is 0 Å². The summed E-state index contributed by atoms with van der Waals surface area (Å²) in [7, 11) is 0. The largest absolute Gasteiger partial charge is 0.489 e. The molecule has 2 aromatic carbocycles. The molecule has 0 spiro atoms. The lowest BCUT2D eigenvalue weighted by Gasteiger charge is -2.13. The summed E-state index contributed by atoms with van der Waals surface area (Å²) < 4.78 is 11.3. The molecule has 3 nitrogen and oxygen atoms in total. The smallest absolute Gasteiger partial charge is 0.124 e. The molecule has 0 aromatic heterocycles. The lowest BCUT2D eigenvalue weighted by atomic mass is 10.2. The lowest BCUT2D eigenvalue weighted by Crippen LogP contribution is -2.17. The molecule has 0 atom stereocenters. The van der Waals surface area contributed by atoms with Gasteiger partial charge in [0.1, 0.15) is 12.4 Å². The predicted molar refractivity (Wildman–Crippen MR) is 100 cm³/mol. The number of hydrogen-bond acceptors (Lipinski definition) is 3. The van der Waals surface area contributed by atoms with Crippen molar-refractivity contribution in [3.05, 3.63) is 63.6 Å². The Kier molecular flexibility index (Phi) is 8.40. The number of ether oxygens (including phenoxy) is 2. The Balaban J connectivity index is 1.88. The molecule has 24 heavy (non-hydrogen) atoms. The molecule has 0 unspecified atom stereocenters. The second-order valence-electron chi connectivity index (χ2n) is 5.39. The third kappa shape index (κ3) is 6.70. The van der Waals surface area contributed by atoms with Gasteiger partial charge in [-0.15, -0.1) is 0 Å². The zero-order chi connectivity index (χ0) is 17.2. The summed E-state index contributed by atoms with van der Waals surface area (Å²) in [6, 6.07) is 13.3. The topological polar surface area (TPSA) is 30.5 Å². The van der Waals surface area contributed by atoms with Crippen molar-refractivity contribution < 1.29 is 9.47 Å². The fraction of sp³-hybridized carbons (Fsp3) is 0.368. The first-order chi connectivity index (χ1) is 11.7. The Bertz CT molecular complexity index is 617. The highest BCUT2D eigenvalue weighted by Gasteiger charge is 2.05. The molecule has 5 heteroatoms. The van der Waals surface area contributed by atoms with E-state index < -0.39 is 0 Å². The van der Waals surface area contributed by atoms with Crippen LogP contribution in [0.4, 0.5) is 0 Å². The Morgan fingerprint density at radius 3 is 2.50 bits per heavy atom. The van der Waals surface area contributed by atoms with E-state index in [1.54, 1.807) is 0 Å². The third-order valence-electron chi connectivity index (χ3n) is 3.49. The fourth-order valence-corrected chi connectivity index (χ4v) is 2.56. The molecule has 0 bridgehead atoms. The SMILES string of the molecule is CCOCCCNCc1cc(Cl)ccc1OCc1ccc(Cl)cc1. The molecule has 0 heterocycles. The summed E-state index contributed by atoms with van der Waals surface area (Å²) in [6.45, 7) is 5.64. The van der Waals surface area contributed by atoms with Crippen molar-refractivity contribution >= 4 is 23.2 Å². The van der Waals surface area contributed by atoms with Gasteiger partial charge in [-0.05, 0) is 55.8 Å². The van der Waals surface area contributed by atoms with Gasteiger partial charge in [0, 0.05) is 35.4 Å². The molecular weight excluding hydrogens is 345 g/mol. The lowest BCUT2D eigenvalue weighted by molar-refractivity contribution is 0.144. The maximum Gasteiger partial charge on any atom is 0.124 e. The van der Waals surface area contributed by atoms with E-state index >= 15 is 0 Å². The second-order valence-corrected chi connectivity index (χ2v) is 6.27. The van der Waals surface area contributed by atoms with E-state index in [1.807, 2.05) is 49.4 Å². The molecule has 0 aliphatic heterocycles. The monoisotopic (exact) mass is 367 g/mol. The molecule has 0 saturated carbocycles. The summed E-state index contributed by atoms with van der Waals surface area (Å²) in [6.07, 6.45) is 0.982. The minimum atomic E-state index is 0.496. The maximum atomic E-state index is 6.11. The van der Waals surface area contributed by atoms with Crippen LogP contribution in [0.25, 0.3) is 0 Å². The van der Waals surface area contributed by atoms with E-state index in [-0.39, 0.29) is 0 Å². The van der Waals surface area contributed by atoms with Gasteiger partial charge in [-0.3, -0.25) is 0 Å². The molecule has 0 aliphatic carbocycles. The third-order valence-corrected chi connectivity index (χ3v) is 3.98. The van der Waals surface area contributed by atoms with E-state index in [9.17, 15) is 0 Å². The molecule has 130 valence electrons. The second kappa shape index (κ2) is 10.6. The molecule has 0 fully saturated rings. The maximum absolute atomic E-state index is 6.11. The summed E-state index contributed by atoms with van der Waals surface area (Å²) in [5.74, 6) is 0.839. The van der Waals surface area contributed by atoms with Crippen LogP contribution in [-0.2, 0) is 17.9 Å². The summed E-state index contributed by atoms with van der Waals surface area (Å²) in [5.41, 5.74) is 2.12. The number of hydrogen-bond donors (Lipinski definition) is 1. The first kappa shape index (κ1) is 19.1. The van der Waals surface area contributed by atoms with Gasteiger partial charge in [-0.2, -0.15) is 0 Å². The van der Waals surface area contributed by atoms with Gasteiger partial charge >= 0.3 is 0 Å². The number of benzene rings is 2. The van der Waals surface area contributed by atoms with E-state index in [4.69, 9.17) is 32.7 Å². The zero-order valence-electron chi connectivity index (χ0n) is 13.9. The van der Waals surface area contributed by atoms with Crippen LogP contribution in [-0.4, -0.2) is 19.8 Å². The fourth-order valence-electron chi connectivity index (χ4n) is 2.24. The van der Waals surface area contributed by atoms with Crippen molar-refractivity contribution in [3.8, 4) is 5.75 Å². The molecule has 0 saturated heterocycles. The van der Waals surface area contributed by atoms with Gasteiger partial charge in [0.05, 0.1) is 0 Å². The van der Waals surface area contributed by atoms with Crippen LogP contribution >= 0.6 is 23.2 Å². The van der Waals surface area contributed by atoms with Crippen molar-refractivity contribution in [3.63, 3.8) is 0 Å². The van der Waals surface area contributed by atoms with Crippen LogP contribution < -0.4 is 10.1 Å². The van der Waals surface area contributed by atoms with Crippen molar-refractivity contribution in [1.82, 2.24) is 5.32 Å². The van der Waals surface area contributed by atoms with Crippen molar-refractivity contribution in [2.45, 2.75) is 26.5 Å². The van der Waals surface area contributed by atoms with Gasteiger partial charge in [-0.1, -0.05) is 35.3 Å². The van der Waals surface area contributed by atoms with Crippen LogP contribution in [0.3, 0.4) is 0 Å². The van der Waals surface area contributed by atoms with Crippen molar-refractivity contribution in [2.75, 3.05) is 19.8 Å². The number of nitrogens with one attached hydrogen (secondary N) is 1. The van der Waals surface area contributed by atoms with Crippen LogP contribution in [0.1, 0.15) is 24.5 Å². The minimum absolute atomic E-state index is 0.496. The van der Waals surface area contributed by atoms with Crippen LogP contribution in [0, 0.1) is 0 Å². The number of halogens is 2. The summed E-state index contributed by atoms with van der Waals surface area (Å²) in [4.78, 5) is 0. The average Bonchev–Trinajstić information content (AvgIpc) is 2.58. The Hall–Kier alpha value is -1.26. The van der Waals surface area contributed by atoms with Gasteiger partial charge in [0.2, 0.25) is 0 Å². The van der Waals surface area contributed by atoms with Crippen molar-refractivity contribution in [1.29, 1.82) is 0 Å². The van der Waals surface area contributed by atoms with Crippen molar-refractivity contribution in [2.24, 2.45) is 0 Å². The summed E-state index contributed by atoms with van der Waals surface area (Å²) >= 11 is 12.0. The van der Waals surface area contributed by atoms with E-state index in [0.29, 0.717) is 18.2 Å². The van der Waals surface area contributed by atoms with Gasteiger partial charge in [0.15, 0.2) is 0 Å². The normalized spacial score (nSPS) is 10.8. The zero-order valence-corrected chi connectivity index (χ0v) is 15.4. The molecule has 2 rings (SSSR count). The van der Waals surface area contributed by atoms with Crippen LogP contribution in [0.5, 0.6) is 5.75 Å². The highest BCUT2D eigenvalue weighted by Crippen LogP contribution is 2.24. The quantitative estimate of drug-likeness (QED) is 0.593. The molecule has 2 aromatic rings.